The van der Waals surface area contributed by atoms with Gasteiger partial charge < -0.3 is 15.8 Å². The van der Waals surface area contributed by atoms with Gasteiger partial charge in [0.1, 0.15) is 5.69 Å². The molecule has 0 heterocycles. The van der Waals surface area contributed by atoms with Crippen molar-refractivity contribution in [3.05, 3.63) is 32.8 Å². The Morgan fingerprint density at radius 3 is 2.89 bits per heavy atom. The lowest BCUT2D eigenvalue weighted by Gasteiger charge is -2.12. The van der Waals surface area contributed by atoms with Gasteiger partial charge in [-0.15, -0.1) is 0 Å². The Hall–Kier alpha value is -1.51. The lowest BCUT2D eigenvalue weighted by atomic mass is 10.2. The van der Waals surface area contributed by atoms with Gasteiger partial charge in [-0.1, -0.05) is 15.9 Å². The zero-order valence-electron chi connectivity index (χ0n) is 10.3. The van der Waals surface area contributed by atoms with Gasteiger partial charge in [0.15, 0.2) is 0 Å². The number of hydrogen-bond donors (Lipinski definition) is 2. The third kappa shape index (κ3) is 4.58. The van der Waals surface area contributed by atoms with Gasteiger partial charge >= 0.3 is 0 Å². The summed E-state index contributed by atoms with van der Waals surface area (Å²) in [6, 6.07) is 3.59. The van der Waals surface area contributed by atoms with Gasteiger partial charge in [-0.3, -0.25) is 14.9 Å². The van der Waals surface area contributed by atoms with E-state index in [-0.39, 0.29) is 11.4 Å². The van der Waals surface area contributed by atoms with Gasteiger partial charge in [0.05, 0.1) is 11.0 Å². The summed E-state index contributed by atoms with van der Waals surface area (Å²) in [5.74, 6) is -0.484. The normalized spacial score (nSPS) is 11.9. The lowest BCUT2D eigenvalue weighted by Crippen LogP contribution is -2.36. The Morgan fingerprint density at radius 1 is 1.63 bits per heavy atom. The molecule has 1 rings (SSSR count). The molecule has 0 aromatic heterocycles. The van der Waals surface area contributed by atoms with Crippen LogP contribution in [-0.2, 0) is 9.53 Å². The number of carbonyl (C=O) groups excluding carboxylic acids is 1. The molecule has 8 heteroatoms. The summed E-state index contributed by atoms with van der Waals surface area (Å²) in [4.78, 5) is 22.1. The average molecular weight is 332 g/mol. The number of anilines is 1. The molecule has 0 saturated carbocycles. The molecule has 0 aliphatic rings. The van der Waals surface area contributed by atoms with E-state index in [1.54, 1.807) is 6.07 Å². The second-order valence-electron chi connectivity index (χ2n) is 3.80. The van der Waals surface area contributed by atoms with Gasteiger partial charge in [0.2, 0.25) is 5.91 Å². The highest BCUT2D eigenvalue weighted by Crippen LogP contribution is 2.28. The van der Waals surface area contributed by atoms with Crippen LogP contribution >= 0.6 is 15.9 Å². The predicted molar refractivity (Wildman–Crippen MR) is 73.9 cm³/mol. The van der Waals surface area contributed by atoms with Crippen molar-refractivity contribution in [3.8, 4) is 0 Å². The summed E-state index contributed by atoms with van der Waals surface area (Å²) >= 11 is 3.14. The van der Waals surface area contributed by atoms with Crippen molar-refractivity contribution in [1.82, 2.24) is 0 Å². The Kier molecular flexibility index (Phi) is 5.87. The topological polar surface area (TPSA) is 107 Å². The Balaban J connectivity index is 2.81. The summed E-state index contributed by atoms with van der Waals surface area (Å²) < 4.78 is 5.37. The van der Waals surface area contributed by atoms with E-state index in [0.29, 0.717) is 17.5 Å². The number of benzene rings is 1. The molecule has 3 N–H and O–H groups in total. The highest BCUT2D eigenvalue weighted by atomic mass is 79.9. The number of amides is 1. The molecule has 0 bridgehead atoms. The number of rotatable bonds is 6. The summed E-state index contributed by atoms with van der Waals surface area (Å²) in [6.07, 6.45) is 0.340. The van der Waals surface area contributed by atoms with Crippen LogP contribution in [0.25, 0.3) is 0 Å². The molecule has 0 aliphatic heterocycles. The van der Waals surface area contributed by atoms with Crippen molar-refractivity contribution < 1.29 is 14.5 Å². The molecule has 0 radical (unpaired) electrons. The van der Waals surface area contributed by atoms with Crippen LogP contribution in [-0.4, -0.2) is 30.6 Å². The number of nitro benzene ring substituents is 1. The maximum absolute atomic E-state index is 11.8. The fourth-order valence-corrected chi connectivity index (χ4v) is 1.71. The van der Waals surface area contributed by atoms with E-state index in [2.05, 4.69) is 21.2 Å². The number of nitrogens with one attached hydrogen (secondary N) is 1. The summed E-state index contributed by atoms with van der Waals surface area (Å²) in [7, 11) is 1.50. The third-order valence-corrected chi connectivity index (χ3v) is 2.88. The van der Waals surface area contributed by atoms with Crippen LogP contribution in [0.15, 0.2) is 22.7 Å². The monoisotopic (exact) mass is 331 g/mol. The summed E-state index contributed by atoms with van der Waals surface area (Å²) in [5, 5.41) is 13.3. The van der Waals surface area contributed by atoms with E-state index in [1.807, 2.05) is 0 Å². The van der Waals surface area contributed by atoms with E-state index in [4.69, 9.17) is 10.5 Å². The number of nitrogens with two attached hydrogens (primary N) is 1. The van der Waals surface area contributed by atoms with Crippen LogP contribution in [0, 0.1) is 10.1 Å². The van der Waals surface area contributed by atoms with E-state index < -0.39 is 16.9 Å². The average Bonchev–Trinajstić information content (AvgIpc) is 2.37. The van der Waals surface area contributed by atoms with Crippen molar-refractivity contribution in [2.75, 3.05) is 19.0 Å². The van der Waals surface area contributed by atoms with Gasteiger partial charge in [-0.05, 0) is 18.6 Å². The minimum Gasteiger partial charge on any atom is -0.385 e. The van der Waals surface area contributed by atoms with Crippen LogP contribution in [0.4, 0.5) is 11.4 Å². The van der Waals surface area contributed by atoms with Crippen LogP contribution < -0.4 is 11.1 Å². The highest BCUT2D eigenvalue weighted by Gasteiger charge is 2.19. The third-order valence-electron chi connectivity index (χ3n) is 2.38. The molecule has 1 aromatic rings. The SMILES string of the molecule is COCCC(N)C(=O)Nc1ccc(Br)cc1[N+](=O)[O-]. The molecule has 0 fully saturated rings. The zero-order valence-corrected chi connectivity index (χ0v) is 11.8. The first-order valence-electron chi connectivity index (χ1n) is 5.45. The van der Waals surface area contributed by atoms with E-state index in [1.165, 1.54) is 19.2 Å². The van der Waals surface area contributed by atoms with E-state index >= 15 is 0 Å². The lowest BCUT2D eigenvalue weighted by molar-refractivity contribution is -0.384. The Labute approximate surface area is 118 Å². The fraction of sp³-hybridized carbons (Fsp3) is 0.364. The van der Waals surface area contributed by atoms with Crippen molar-refractivity contribution >= 4 is 33.2 Å². The van der Waals surface area contributed by atoms with Gasteiger partial charge in [0, 0.05) is 24.3 Å². The number of nitrogens with zero attached hydrogens (tertiary/aromatic N) is 1. The number of halogens is 1. The molecule has 19 heavy (non-hydrogen) atoms. The highest BCUT2D eigenvalue weighted by molar-refractivity contribution is 9.10. The molecule has 104 valence electrons. The fourth-order valence-electron chi connectivity index (χ4n) is 1.36. The minimum atomic E-state index is -0.775. The van der Waals surface area contributed by atoms with E-state index in [0.717, 1.165) is 0 Å². The molecule has 0 aliphatic carbocycles. The van der Waals surface area contributed by atoms with Crippen molar-refractivity contribution in [1.29, 1.82) is 0 Å². The van der Waals surface area contributed by atoms with Gasteiger partial charge in [-0.25, -0.2) is 0 Å². The van der Waals surface area contributed by atoms with Crippen LogP contribution in [0.1, 0.15) is 6.42 Å². The Bertz CT molecular complexity index is 481. The maximum Gasteiger partial charge on any atom is 0.293 e. The zero-order chi connectivity index (χ0) is 14.4. The first-order chi connectivity index (χ1) is 8.95. The molecule has 0 spiro atoms. The number of methoxy groups -OCH3 is 1. The molecular weight excluding hydrogens is 318 g/mol. The molecular formula is C11H14BrN3O4. The van der Waals surface area contributed by atoms with E-state index in [9.17, 15) is 14.9 Å². The second-order valence-corrected chi connectivity index (χ2v) is 4.71. The summed E-state index contributed by atoms with van der Waals surface area (Å²) in [6.45, 7) is 0.344. The number of ether oxygens (including phenoxy) is 1. The van der Waals surface area contributed by atoms with Crippen LogP contribution in [0.5, 0.6) is 0 Å². The van der Waals surface area contributed by atoms with Crippen molar-refractivity contribution in [2.45, 2.75) is 12.5 Å². The van der Waals surface area contributed by atoms with Gasteiger partial charge in [0.25, 0.3) is 5.69 Å². The van der Waals surface area contributed by atoms with Gasteiger partial charge in [-0.2, -0.15) is 0 Å². The molecule has 1 unspecified atom stereocenters. The number of nitro groups is 1. The quantitative estimate of drug-likeness (QED) is 0.608. The molecule has 1 atom stereocenters. The molecule has 1 aromatic carbocycles. The second kappa shape index (κ2) is 7.17. The standard InChI is InChI=1S/C11H14BrN3O4/c1-19-5-4-8(13)11(16)14-9-3-2-7(12)6-10(9)15(17)18/h2-3,6,8H,4-5,13H2,1H3,(H,14,16). The molecule has 1 amide bonds. The minimum absolute atomic E-state index is 0.117. The largest absolute Gasteiger partial charge is 0.385 e. The van der Waals surface area contributed by atoms with Crippen molar-refractivity contribution in [3.63, 3.8) is 0 Å². The first kappa shape index (κ1) is 15.5. The van der Waals surface area contributed by atoms with Crippen molar-refractivity contribution in [2.24, 2.45) is 5.73 Å². The summed E-state index contributed by atoms with van der Waals surface area (Å²) in [5.41, 5.74) is 5.56. The van der Waals surface area contributed by atoms with Crippen LogP contribution in [0.2, 0.25) is 0 Å². The maximum atomic E-state index is 11.8. The molecule has 7 nitrogen and oxygen atoms in total. The number of hydrogen-bond acceptors (Lipinski definition) is 5. The first-order valence-corrected chi connectivity index (χ1v) is 6.24. The van der Waals surface area contributed by atoms with Crippen LogP contribution in [0.3, 0.4) is 0 Å². The predicted octanol–water partition coefficient (Wildman–Crippen LogP) is 1.66. The Morgan fingerprint density at radius 2 is 2.32 bits per heavy atom. The smallest absolute Gasteiger partial charge is 0.293 e. The molecule has 0 saturated heterocycles. The number of carbonyl (C=O) groups is 1.